The number of rotatable bonds is 2. The maximum absolute atomic E-state index is 5.66. The molecule has 0 fully saturated rings. The van der Waals surface area contributed by atoms with E-state index in [1.54, 1.807) is 0 Å². The molecule has 0 radical (unpaired) electrons. The van der Waals surface area contributed by atoms with E-state index in [4.69, 9.17) is 10.5 Å². The first-order valence-corrected chi connectivity index (χ1v) is 5.57. The number of nitrogens with two attached hydrogens (primary N) is 1. The minimum atomic E-state index is 0.610. The van der Waals surface area contributed by atoms with Crippen molar-refractivity contribution in [1.29, 1.82) is 0 Å². The zero-order chi connectivity index (χ0) is 11.7. The van der Waals surface area contributed by atoms with E-state index in [0.717, 1.165) is 30.1 Å². The first kappa shape index (κ1) is 9.96. The van der Waals surface area contributed by atoms with Crippen molar-refractivity contribution in [2.75, 3.05) is 12.3 Å². The summed E-state index contributed by atoms with van der Waals surface area (Å²) in [5, 5.41) is 0. The highest BCUT2D eigenvalue weighted by molar-refractivity contribution is 5.64. The van der Waals surface area contributed by atoms with Crippen LogP contribution in [0.1, 0.15) is 6.42 Å². The quantitative estimate of drug-likeness (QED) is 0.787. The van der Waals surface area contributed by atoms with Gasteiger partial charge in [-0.2, -0.15) is 0 Å². The molecule has 0 aromatic heterocycles. The van der Waals surface area contributed by atoms with E-state index in [9.17, 15) is 0 Å². The van der Waals surface area contributed by atoms with Gasteiger partial charge in [0.25, 0.3) is 0 Å². The number of hydrogen-bond acceptors (Lipinski definition) is 4. The Balaban J connectivity index is 1.78. The van der Waals surface area contributed by atoms with Crippen molar-refractivity contribution in [2.24, 2.45) is 4.99 Å². The van der Waals surface area contributed by atoms with Crippen molar-refractivity contribution in [3.05, 3.63) is 48.0 Å². The number of benzene rings is 1. The van der Waals surface area contributed by atoms with Gasteiger partial charge < -0.3 is 15.4 Å². The van der Waals surface area contributed by atoms with Crippen LogP contribution in [0, 0.1) is 0 Å². The summed E-state index contributed by atoms with van der Waals surface area (Å²) in [5.41, 5.74) is 7.50. The van der Waals surface area contributed by atoms with Gasteiger partial charge in [0, 0.05) is 24.0 Å². The van der Waals surface area contributed by atoms with E-state index in [1.165, 1.54) is 0 Å². The summed E-state index contributed by atoms with van der Waals surface area (Å²) in [6.07, 6.45) is 7.00. The van der Waals surface area contributed by atoms with Gasteiger partial charge in [-0.3, -0.25) is 0 Å². The second-order valence-electron chi connectivity index (χ2n) is 4.01. The smallest absolute Gasteiger partial charge is 0.222 e. The summed E-state index contributed by atoms with van der Waals surface area (Å²) < 4.78 is 5.66. The average Bonchev–Trinajstić information content (AvgIpc) is 2.79. The number of nitrogen functional groups attached to an aromatic ring is 1. The lowest BCUT2D eigenvalue weighted by Crippen LogP contribution is -2.20. The van der Waals surface area contributed by atoms with Crippen LogP contribution in [0.25, 0.3) is 0 Å². The minimum Gasteiger partial charge on any atom is -0.439 e. The van der Waals surface area contributed by atoms with Crippen molar-refractivity contribution < 1.29 is 4.74 Å². The molecular formula is C13H13N3O. The topological polar surface area (TPSA) is 50.9 Å². The second-order valence-corrected chi connectivity index (χ2v) is 4.01. The molecule has 2 aliphatic rings. The molecule has 0 amide bonds. The second kappa shape index (κ2) is 3.97. The zero-order valence-electron chi connectivity index (χ0n) is 9.34. The highest BCUT2D eigenvalue weighted by Gasteiger charge is 2.16. The van der Waals surface area contributed by atoms with E-state index in [-0.39, 0.29) is 0 Å². The van der Waals surface area contributed by atoms with E-state index in [1.807, 2.05) is 36.7 Å². The van der Waals surface area contributed by atoms with Crippen LogP contribution < -0.4 is 10.5 Å². The Morgan fingerprint density at radius 3 is 2.88 bits per heavy atom. The third-order valence-electron chi connectivity index (χ3n) is 2.75. The molecule has 86 valence electrons. The Labute approximate surface area is 99.7 Å². The van der Waals surface area contributed by atoms with Gasteiger partial charge in [0.2, 0.25) is 5.88 Å². The first-order valence-electron chi connectivity index (χ1n) is 5.57. The molecule has 0 saturated carbocycles. The first-order chi connectivity index (χ1) is 8.31. The van der Waals surface area contributed by atoms with Gasteiger partial charge in [0.15, 0.2) is 0 Å². The normalized spacial score (nSPS) is 17.5. The summed E-state index contributed by atoms with van der Waals surface area (Å²) in [7, 11) is 0. The molecule has 0 bridgehead atoms. The van der Waals surface area contributed by atoms with Crippen LogP contribution in [0.2, 0.25) is 0 Å². The van der Waals surface area contributed by atoms with Gasteiger partial charge in [-0.1, -0.05) is 6.08 Å². The highest BCUT2D eigenvalue weighted by atomic mass is 16.5. The fraction of sp³-hybridized carbons (Fsp3) is 0.154. The van der Waals surface area contributed by atoms with E-state index in [2.05, 4.69) is 16.0 Å². The van der Waals surface area contributed by atoms with Gasteiger partial charge in [0.05, 0.1) is 6.34 Å². The molecule has 0 aliphatic carbocycles. The predicted molar refractivity (Wildman–Crippen MR) is 67.5 cm³/mol. The summed E-state index contributed by atoms with van der Waals surface area (Å²) in [6, 6.07) is 7.29. The molecule has 0 spiro atoms. The molecule has 4 heteroatoms. The van der Waals surface area contributed by atoms with Crippen LogP contribution in [0.5, 0.6) is 5.75 Å². The molecule has 3 rings (SSSR count). The molecule has 0 saturated heterocycles. The molecule has 17 heavy (non-hydrogen) atoms. The number of anilines is 1. The van der Waals surface area contributed by atoms with Gasteiger partial charge in [-0.15, -0.1) is 0 Å². The van der Waals surface area contributed by atoms with Crippen molar-refractivity contribution in [1.82, 2.24) is 4.90 Å². The average molecular weight is 227 g/mol. The summed E-state index contributed by atoms with van der Waals surface area (Å²) >= 11 is 0. The number of fused-ring (bicyclic) bond motifs is 1. The van der Waals surface area contributed by atoms with E-state index < -0.39 is 0 Å². The Kier molecular flexibility index (Phi) is 2.33. The van der Waals surface area contributed by atoms with Crippen LogP contribution in [0.3, 0.4) is 0 Å². The predicted octanol–water partition coefficient (Wildman–Crippen LogP) is 2.12. The largest absolute Gasteiger partial charge is 0.439 e. The molecule has 2 N–H and O–H groups in total. The standard InChI is InChI=1S/C13H13N3O/c14-10-3-5-12(6-4-10)17-13-8-11-2-1-7-16(11)9-15-13/h2-6,8-9H,1,7,14H2. The monoisotopic (exact) mass is 227 g/mol. The number of allylic oxidation sites excluding steroid dienone is 1. The lowest BCUT2D eigenvalue weighted by Gasteiger charge is -2.19. The zero-order valence-corrected chi connectivity index (χ0v) is 9.34. The number of hydrogen-bond donors (Lipinski definition) is 1. The van der Waals surface area contributed by atoms with Crippen molar-refractivity contribution in [2.45, 2.75) is 6.42 Å². The molecule has 4 nitrogen and oxygen atoms in total. The molecule has 1 aromatic carbocycles. The molecule has 2 heterocycles. The van der Waals surface area contributed by atoms with Crippen LogP contribution in [0.4, 0.5) is 5.69 Å². The Hall–Kier alpha value is -2.23. The Bertz CT molecular complexity index is 514. The summed E-state index contributed by atoms with van der Waals surface area (Å²) in [4.78, 5) is 6.36. The maximum atomic E-state index is 5.66. The van der Waals surface area contributed by atoms with Crippen LogP contribution >= 0.6 is 0 Å². The summed E-state index contributed by atoms with van der Waals surface area (Å²) in [5.74, 6) is 1.36. The maximum Gasteiger partial charge on any atom is 0.222 e. The molecular weight excluding hydrogens is 214 g/mol. The van der Waals surface area contributed by atoms with Crippen molar-refractivity contribution >= 4 is 12.0 Å². The SMILES string of the molecule is Nc1ccc(OC2=CC3=CCCN3C=N2)cc1. The van der Waals surface area contributed by atoms with Crippen LogP contribution in [-0.2, 0) is 0 Å². The highest BCUT2D eigenvalue weighted by Crippen LogP contribution is 2.23. The molecule has 0 unspecified atom stereocenters. The van der Waals surface area contributed by atoms with Crippen molar-refractivity contribution in [3.8, 4) is 5.75 Å². The van der Waals surface area contributed by atoms with Gasteiger partial charge in [-0.25, -0.2) is 4.99 Å². The molecule has 1 aromatic rings. The van der Waals surface area contributed by atoms with Crippen LogP contribution in [-0.4, -0.2) is 17.8 Å². The molecule has 2 aliphatic heterocycles. The Morgan fingerprint density at radius 1 is 1.24 bits per heavy atom. The number of aliphatic imine (C=N–C) groups is 1. The third-order valence-corrected chi connectivity index (χ3v) is 2.75. The van der Waals surface area contributed by atoms with Crippen molar-refractivity contribution in [3.63, 3.8) is 0 Å². The van der Waals surface area contributed by atoms with Gasteiger partial charge in [-0.05, 0) is 30.7 Å². The van der Waals surface area contributed by atoms with Crippen LogP contribution in [0.15, 0.2) is 53.0 Å². The minimum absolute atomic E-state index is 0.610. The van der Waals surface area contributed by atoms with E-state index in [0.29, 0.717) is 5.88 Å². The number of ether oxygens (including phenoxy) is 1. The fourth-order valence-electron chi connectivity index (χ4n) is 1.87. The van der Waals surface area contributed by atoms with Gasteiger partial charge >= 0.3 is 0 Å². The fourth-order valence-corrected chi connectivity index (χ4v) is 1.87. The lowest BCUT2D eigenvalue weighted by atomic mass is 10.3. The van der Waals surface area contributed by atoms with E-state index >= 15 is 0 Å². The number of nitrogens with zero attached hydrogens (tertiary/aromatic N) is 2. The lowest BCUT2D eigenvalue weighted by molar-refractivity contribution is 0.411. The third kappa shape index (κ3) is 2.01. The van der Waals surface area contributed by atoms with Gasteiger partial charge in [0.1, 0.15) is 5.75 Å². The molecule has 0 atom stereocenters. The summed E-state index contributed by atoms with van der Waals surface area (Å²) in [6.45, 7) is 1.00. The Morgan fingerprint density at radius 2 is 2.06 bits per heavy atom.